The first-order valence-electron chi connectivity index (χ1n) is 8.60. The number of hydrogen-bond donors (Lipinski definition) is 3. The highest BCUT2D eigenvalue weighted by Crippen LogP contribution is 2.22. The van der Waals surface area contributed by atoms with Crippen LogP contribution in [-0.2, 0) is 26.1 Å². The minimum Gasteiger partial charge on any atom is -0.394 e. The van der Waals surface area contributed by atoms with Gasteiger partial charge in [-0.15, -0.1) is 0 Å². The molecule has 1 heterocycles. The summed E-state index contributed by atoms with van der Waals surface area (Å²) in [7, 11) is -3.37. The lowest BCUT2D eigenvalue weighted by atomic mass is 9.98. The van der Waals surface area contributed by atoms with Crippen molar-refractivity contribution in [1.29, 1.82) is 0 Å². The second-order valence-electron chi connectivity index (χ2n) is 6.29. The van der Waals surface area contributed by atoms with Crippen LogP contribution in [0.1, 0.15) is 31.7 Å². The molecule has 1 fully saturated rings. The van der Waals surface area contributed by atoms with E-state index in [4.69, 9.17) is 16.3 Å². The number of hydrogen-bond acceptors (Lipinski definition) is 5. The standard InChI is InChI=1S/C17H25ClN2O5S/c1-2-26(23,24)20-15-8-7-14(25-16(15)11-21)9-17(22)19-10-12-3-5-13(18)6-4-12/h3-6,14-16,20-21H,2,7-11H2,1H3,(H,19,22)/t14-,15+,16+/m1/s1. The highest BCUT2D eigenvalue weighted by atomic mass is 35.5. The molecular weight excluding hydrogens is 380 g/mol. The van der Waals surface area contributed by atoms with E-state index in [-0.39, 0.29) is 30.8 Å². The number of ether oxygens (including phenoxy) is 1. The van der Waals surface area contributed by atoms with Gasteiger partial charge in [0, 0.05) is 11.6 Å². The molecule has 1 aliphatic heterocycles. The largest absolute Gasteiger partial charge is 0.394 e. The number of carbonyl (C=O) groups excluding carboxylic acids is 1. The number of amides is 1. The Morgan fingerprint density at radius 1 is 1.31 bits per heavy atom. The maximum absolute atomic E-state index is 12.1. The van der Waals surface area contributed by atoms with E-state index in [2.05, 4.69) is 10.0 Å². The monoisotopic (exact) mass is 404 g/mol. The van der Waals surface area contributed by atoms with Crippen LogP contribution in [0.4, 0.5) is 0 Å². The topological polar surface area (TPSA) is 105 Å². The van der Waals surface area contributed by atoms with Gasteiger partial charge in [0.2, 0.25) is 15.9 Å². The lowest BCUT2D eigenvalue weighted by molar-refractivity contribution is -0.130. The van der Waals surface area contributed by atoms with Crippen molar-refractivity contribution >= 4 is 27.5 Å². The van der Waals surface area contributed by atoms with Crippen LogP contribution in [0.25, 0.3) is 0 Å². The first-order valence-corrected chi connectivity index (χ1v) is 10.6. The third-order valence-electron chi connectivity index (χ3n) is 4.32. The summed E-state index contributed by atoms with van der Waals surface area (Å²) in [6.07, 6.45) is 0.220. The van der Waals surface area contributed by atoms with Gasteiger partial charge in [-0.3, -0.25) is 4.79 Å². The van der Waals surface area contributed by atoms with Gasteiger partial charge >= 0.3 is 0 Å². The summed E-state index contributed by atoms with van der Waals surface area (Å²) in [4.78, 5) is 12.1. The van der Waals surface area contributed by atoms with E-state index in [0.717, 1.165) is 5.56 Å². The third kappa shape index (κ3) is 6.51. The van der Waals surface area contributed by atoms with Crippen LogP contribution in [0, 0.1) is 0 Å². The number of halogens is 1. The lowest BCUT2D eigenvalue weighted by Crippen LogP contribution is -2.51. The van der Waals surface area contributed by atoms with E-state index in [1.807, 2.05) is 12.1 Å². The summed E-state index contributed by atoms with van der Waals surface area (Å²) in [5.74, 6) is -0.188. The molecule has 9 heteroatoms. The number of sulfonamides is 1. The Hall–Kier alpha value is -1.19. The number of rotatable bonds is 8. The van der Waals surface area contributed by atoms with Crippen molar-refractivity contribution in [3.8, 4) is 0 Å². The minimum absolute atomic E-state index is 0.0296. The van der Waals surface area contributed by atoms with Crippen molar-refractivity contribution in [3.05, 3.63) is 34.9 Å². The highest BCUT2D eigenvalue weighted by Gasteiger charge is 2.33. The molecule has 1 aliphatic rings. The van der Waals surface area contributed by atoms with Gasteiger partial charge in [0.1, 0.15) is 0 Å². The van der Waals surface area contributed by atoms with Crippen molar-refractivity contribution in [3.63, 3.8) is 0 Å². The molecule has 0 spiro atoms. The van der Waals surface area contributed by atoms with Gasteiger partial charge in [-0.05, 0) is 37.5 Å². The molecular formula is C17H25ClN2O5S. The predicted molar refractivity (Wildman–Crippen MR) is 99.3 cm³/mol. The number of carbonyl (C=O) groups is 1. The Morgan fingerprint density at radius 3 is 2.62 bits per heavy atom. The molecule has 3 atom stereocenters. The van der Waals surface area contributed by atoms with Crippen molar-refractivity contribution in [1.82, 2.24) is 10.0 Å². The Morgan fingerprint density at radius 2 is 2.00 bits per heavy atom. The molecule has 146 valence electrons. The van der Waals surface area contributed by atoms with Crippen molar-refractivity contribution < 1.29 is 23.1 Å². The molecule has 2 rings (SSSR count). The molecule has 1 aromatic carbocycles. The number of aliphatic hydroxyl groups is 1. The molecule has 0 aliphatic carbocycles. The zero-order chi connectivity index (χ0) is 19.2. The second kappa shape index (κ2) is 9.66. The quantitative estimate of drug-likeness (QED) is 0.603. The van der Waals surface area contributed by atoms with Gasteiger partial charge in [0.25, 0.3) is 0 Å². The zero-order valence-electron chi connectivity index (χ0n) is 14.7. The maximum atomic E-state index is 12.1. The molecule has 26 heavy (non-hydrogen) atoms. The number of benzene rings is 1. The predicted octanol–water partition coefficient (Wildman–Crippen LogP) is 1.19. The average Bonchev–Trinajstić information content (AvgIpc) is 2.62. The Balaban J connectivity index is 1.81. The summed E-state index contributed by atoms with van der Waals surface area (Å²) in [6, 6.07) is 6.73. The Kier molecular flexibility index (Phi) is 7.85. The van der Waals surface area contributed by atoms with Gasteiger partial charge in [0.05, 0.1) is 37.0 Å². The molecule has 0 radical (unpaired) electrons. The average molecular weight is 405 g/mol. The number of nitrogens with one attached hydrogen (secondary N) is 2. The molecule has 0 unspecified atom stereocenters. The summed E-state index contributed by atoms with van der Waals surface area (Å²) >= 11 is 5.82. The van der Waals surface area contributed by atoms with Crippen LogP contribution >= 0.6 is 11.6 Å². The van der Waals surface area contributed by atoms with Crippen LogP contribution in [0.3, 0.4) is 0 Å². The summed E-state index contributed by atoms with van der Waals surface area (Å²) in [6.45, 7) is 1.64. The normalized spacial score (nSPS) is 23.6. The van der Waals surface area contributed by atoms with Gasteiger partial charge in [-0.25, -0.2) is 13.1 Å². The molecule has 1 amide bonds. The Bertz CT molecular complexity index is 696. The van der Waals surface area contributed by atoms with Crippen LogP contribution < -0.4 is 10.0 Å². The van der Waals surface area contributed by atoms with Crippen LogP contribution in [-0.4, -0.2) is 50.0 Å². The van der Waals surface area contributed by atoms with Gasteiger partial charge in [-0.2, -0.15) is 0 Å². The van der Waals surface area contributed by atoms with E-state index in [1.54, 1.807) is 19.1 Å². The molecule has 3 N–H and O–H groups in total. The first-order chi connectivity index (χ1) is 12.3. The van der Waals surface area contributed by atoms with Crippen molar-refractivity contribution in [2.45, 2.75) is 51.0 Å². The van der Waals surface area contributed by atoms with E-state index in [1.165, 1.54) is 0 Å². The SMILES string of the molecule is CCS(=O)(=O)N[C@H]1CC[C@H](CC(=O)NCc2ccc(Cl)cc2)O[C@H]1CO. The van der Waals surface area contributed by atoms with Crippen LogP contribution in [0.5, 0.6) is 0 Å². The summed E-state index contributed by atoms with van der Waals surface area (Å²) < 4.78 is 31.7. The smallest absolute Gasteiger partial charge is 0.222 e. The van der Waals surface area contributed by atoms with E-state index < -0.39 is 22.2 Å². The molecule has 1 saturated heterocycles. The maximum Gasteiger partial charge on any atom is 0.222 e. The molecule has 1 aromatic rings. The van der Waals surface area contributed by atoms with Crippen molar-refractivity contribution in [2.24, 2.45) is 0 Å². The summed E-state index contributed by atoms with van der Waals surface area (Å²) in [5.41, 5.74) is 0.939. The van der Waals surface area contributed by atoms with Gasteiger partial charge in [-0.1, -0.05) is 23.7 Å². The van der Waals surface area contributed by atoms with E-state index in [9.17, 15) is 18.3 Å². The van der Waals surface area contributed by atoms with Gasteiger partial charge < -0.3 is 15.2 Å². The molecule has 7 nitrogen and oxygen atoms in total. The molecule has 0 aromatic heterocycles. The fourth-order valence-electron chi connectivity index (χ4n) is 2.81. The fourth-order valence-corrected chi connectivity index (χ4v) is 3.84. The van der Waals surface area contributed by atoms with Crippen LogP contribution in [0.2, 0.25) is 5.02 Å². The van der Waals surface area contributed by atoms with E-state index >= 15 is 0 Å². The van der Waals surface area contributed by atoms with Crippen LogP contribution in [0.15, 0.2) is 24.3 Å². The molecule has 0 saturated carbocycles. The van der Waals surface area contributed by atoms with Gasteiger partial charge in [0.15, 0.2) is 0 Å². The third-order valence-corrected chi connectivity index (χ3v) is 6.00. The Labute approximate surface area is 159 Å². The lowest BCUT2D eigenvalue weighted by Gasteiger charge is -2.35. The zero-order valence-corrected chi connectivity index (χ0v) is 16.2. The van der Waals surface area contributed by atoms with E-state index in [0.29, 0.717) is 24.4 Å². The first kappa shape index (κ1) is 21.1. The highest BCUT2D eigenvalue weighted by molar-refractivity contribution is 7.89. The van der Waals surface area contributed by atoms with Crippen molar-refractivity contribution in [2.75, 3.05) is 12.4 Å². The summed E-state index contributed by atoms with van der Waals surface area (Å²) in [5, 5.41) is 12.9. The second-order valence-corrected chi connectivity index (χ2v) is 8.77. The molecule has 0 bridgehead atoms. The fraction of sp³-hybridized carbons (Fsp3) is 0.588. The number of aliphatic hydroxyl groups excluding tert-OH is 1. The minimum atomic E-state index is -3.37.